The Morgan fingerprint density at radius 2 is 2.00 bits per heavy atom. The number of halogens is 5. The van der Waals surface area contributed by atoms with Gasteiger partial charge in [-0.25, -0.2) is 0 Å². The summed E-state index contributed by atoms with van der Waals surface area (Å²) in [6, 6.07) is 0. The van der Waals surface area contributed by atoms with E-state index in [1.165, 1.54) is 6.08 Å². The lowest BCUT2D eigenvalue weighted by Gasteiger charge is -2.23. The average molecular weight is 215 g/mol. The first-order valence-electron chi connectivity index (χ1n) is 3.22. The molecule has 0 nitrogen and oxygen atoms in total. The zero-order valence-corrected chi connectivity index (χ0v) is 7.13. The third kappa shape index (κ3) is 0.866. The SMILES string of the molecule is FC(F)(F)[C@@]1(Cl)C=C(Cl)C2=C[C@@H]21. The molecule has 2 aliphatic carbocycles. The number of allylic oxidation sites excluding steroid dienone is 4. The summed E-state index contributed by atoms with van der Waals surface area (Å²) in [5.41, 5.74) is 0.518. The summed E-state index contributed by atoms with van der Waals surface area (Å²) < 4.78 is 37.0. The van der Waals surface area contributed by atoms with Crippen LogP contribution in [0.1, 0.15) is 0 Å². The minimum atomic E-state index is -4.44. The summed E-state index contributed by atoms with van der Waals surface area (Å²) in [5, 5.41) is 0.132. The molecular weight excluding hydrogens is 212 g/mol. The molecular formula is C7H3Cl2F3. The Bertz CT molecular complexity index is 302. The lowest BCUT2D eigenvalue weighted by atomic mass is 10.0. The standard InChI is InChI=1S/C7H3Cl2F3/c8-5-2-6(9,7(10,11)12)4-1-3(4)5/h1-2,4H/t4-,6+/m0/s1. The van der Waals surface area contributed by atoms with Gasteiger partial charge in [0.2, 0.25) is 0 Å². The van der Waals surface area contributed by atoms with Crippen LogP contribution in [0.5, 0.6) is 0 Å². The highest BCUT2D eigenvalue weighted by atomic mass is 35.5. The van der Waals surface area contributed by atoms with Crippen LogP contribution in [0.25, 0.3) is 0 Å². The van der Waals surface area contributed by atoms with E-state index in [4.69, 9.17) is 23.2 Å². The molecule has 12 heavy (non-hydrogen) atoms. The van der Waals surface area contributed by atoms with Gasteiger partial charge in [0.25, 0.3) is 0 Å². The van der Waals surface area contributed by atoms with E-state index in [0.29, 0.717) is 5.57 Å². The van der Waals surface area contributed by atoms with Gasteiger partial charge in [-0.3, -0.25) is 0 Å². The molecule has 0 amide bonds. The van der Waals surface area contributed by atoms with Crippen LogP contribution >= 0.6 is 23.2 Å². The van der Waals surface area contributed by atoms with Gasteiger partial charge in [-0.15, -0.1) is 11.6 Å². The van der Waals surface area contributed by atoms with Crippen LogP contribution in [0.2, 0.25) is 0 Å². The van der Waals surface area contributed by atoms with Crippen LogP contribution in [0.4, 0.5) is 13.2 Å². The molecule has 0 aromatic heterocycles. The number of rotatable bonds is 0. The minimum Gasteiger partial charge on any atom is -0.169 e. The third-order valence-electron chi connectivity index (χ3n) is 2.07. The van der Waals surface area contributed by atoms with E-state index >= 15 is 0 Å². The first kappa shape index (κ1) is 8.45. The molecule has 0 N–H and O–H groups in total. The Hall–Kier alpha value is -0.150. The van der Waals surface area contributed by atoms with Gasteiger partial charge in [0.15, 0.2) is 4.87 Å². The number of hydrogen-bond acceptors (Lipinski definition) is 0. The topological polar surface area (TPSA) is 0 Å². The number of fused-ring (bicyclic) bond motifs is 1. The molecule has 2 atom stereocenters. The summed E-state index contributed by atoms with van der Waals surface area (Å²) in [7, 11) is 0. The number of hydrogen-bond donors (Lipinski definition) is 0. The van der Waals surface area contributed by atoms with Gasteiger partial charge in [-0.1, -0.05) is 17.7 Å². The predicted molar refractivity (Wildman–Crippen MR) is 40.1 cm³/mol. The second-order valence-corrected chi connectivity index (χ2v) is 3.89. The fraction of sp³-hybridized carbons (Fsp3) is 0.429. The molecule has 0 aromatic rings. The van der Waals surface area contributed by atoms with E-state index in [9.17, 15) is 13.2 Å². The van der Waals surface area contributed by atoms with E-state index in [1.54, 1.807) is 0 Å². The van der Waals surface area contributed by atoms with Crippen LogP contribution in [0, 0.1) is 5.92 Å². The molecule has 5 heteroatoms. The summed E-state index contributed by atoms with van der Waals surface area (Å²) in [6.07, 6.45) is -2.13. The Morgan fingerprint density at radius 3 is 2.17 bits per heavy atom. The maximum Gasteiger partial charge on any atom is 0.412 e. The average Bonchev–Trinajstić information content (AvgIpc) is 2.56. The van der Waals surface area contributed by atoms with Crippen LogP contribution in [0.3, 0.4) is 0 Å². The molecule has 0 radical (unpaired) electrons. The fourth-order valence-corrected chi connectivity index (χ4v) is 2.02. The van der Waals surface area contributed by atoms with E-state index in [1.807, 2.05) is 0 Å². The van der Waals surface area contributed by atoms with Crippen molar-refractivity contribution in [2.24, 2.45) is 5.92 Å². The lowest BCUT2D eigenvalue weighted by molar-refractivity contribution is -0.152. The molecule has 2 aliphatic rings. The largest absolute Gasteiger partial charge is 0.412 e. The summed E-state index contributed by atoms with van der Waals surface area (Å²) >= 11 is 10.9. The molecule has 66 valence electrons. The highest BCUT2D eigenvalue weighted by Gasteiger charge is 2.64. The Balaban J connectivity index is 2.37. The van der Waals surface area contributed by atoms with E-state index < -0.39 is 17.0 Å². The van der Waals surface area contributed by atoms with Crippen molar-refractivity contribution in [1.82, 2.24) is 0 Å². The van der Waals surface area contributed by atoms with Gasteiger partial charge in [0.05, 0.1) is 0 Å². The van der Waals surface area contributed by atoms with Crippen molar-refractivity contribution >= 4 is 23.2 Å². The van der Waals surface area contributed by atoms with Crippen molar-refractivity contribution in [2.75, 3.05) is 0 Å². The van der Waals surface area contributed by atoms with E-state index in [0.717, 1.165) is 6.08 Å². The second-order valence-electron chi connectivity index (χ2n) is 2.86. The molecule has 0 heterocycles. The monoisotopic (exact) mass is 214 g/mol. The zero-order chi connectivity index (χ0) is 9.15. The van der Waals surface area contributed by atoms with E-state index in [-0.39, 0.29) is 5.03 Å². The van der Waals surface area contributed by atoms with Crippen molar-refractivity contribution in [3.05, 3.63) is 22.8 Å². The minimum absolute atomic E-state index is 0.132. The highest BCUT2D eigenvalue weighted by Crippen LogP contribution is 2.60. The molecule has 0 fully saturated rings. The first-order valence-corrected chi connectivity index (χ1v) is 3.98. The molecule has 0 saturated heterocycles. The molecule has 0 unspecified atom stereocenters. The van der Waals surface area contributed by atoms with Crippen LogP contribution in [-0.2, 0) is 0 Å². The Labute approximate surface area is 76.6 Å². The van der Waals surface area contributed by atoms with Crippen molar-refractivity contribution in [3.63, 3.8) is 0 Å². The Kier molecular flexibility index (Phi) is 1.42. The lowest BCUT2D eigenvalue weighted by Crippen LogP contribution is -2.39. The van der Waals surface area contributed by atoms with Gasteiger partial charge in [0, 0.05) is 11.0 Å². The smallest absolute Gasteiger partial charge is 0.169 e. The van der Waals surface area contributed by atoms with Crippen molar-refractivity contribution in [2.45, 2.75) is 11.1 Å². The van der Waals surface area contributed by atoms with E-state index in [2.05, 4.69) is 0 Å². The number of alkyl halides is 4. The van der Waals surface area contributed by atoms with Crippen molar-refractivity contribution < 1.29 is 13.2 Å². The molecule has 2 rings (SSSR count). The first-order chi connectivity index (χ1) is 5.36. The second kappa shape index (κ2) is 2.02. The summed E-state index contributed by atoms with van der Waals surface area (Å²) in [6.45, 7) is 0. The zero-order valence-electron chi connectivity index (χ0n) is 5.62. The fourth-order valence-electron chi connectivity index (χ4n) is 1.32. The van der Waals surface area contributed by atoms with Gasteiger partial charge in [0.1, 0.15) is 0 Å². The third-order valence-corrected chi connectivity index (χ3v) is 2.96. The normalized spacial score (nSPS) is 38.9. The summed E-state index contributed by atoms with van der Waals surface area (Å²) in [4.78, 5) is -2.28. The highest BCUT2D eigenvalue weighted by molar-refractivity contribution is 6.36. The quantitative estimate of drug-likeness (QED) is 0.544. The van der Waals surface area contributed by atoms with Gasteiger partial charge < -0.3 is 0 Å². The van der Waals surface area contributed by atoms with Crippen LogP contribution in [-0.4, -0.2) is 11.1 Å². The maximum absolute atomic E-state index is 12.3. The molecule has 0 aromatic carbocycles. The van der Waals surface area contributed by atoms with Crippen molar-refractivity contribution in [3.8, 4) is 0 Å². The summed E-state index contributed by atoms with van der Waals surface area (Å²) in [5.74, 6) is -0.730. The predicted octanol–water partition coefficient (Wildman–Crippen LogP) is 3.22. The van der Waals surface area contributed by atoms with Crippen LogP contribution < -0.4 is 0 Å². The van der Waals surface area contributed by atoms with Crippen LogP contribution in [0.15, 0.2) is 22.8 Å². The van der Waals surface area contributed by atoms with Gasteiger partial charge in [-0.05, 0) is 11.6 Å². The molecule has 0 aliphatic heterocycles. The molecule has 0 bridgehead atoms. The van der Waals surface area contributed by atoms with Crippen molar-refractivity contribution in [1.29, 1.82) is 0 Å². The molecule has 0 spiro atoms. The maximum atomic E-state index is 12.3. The van der Waals surface area contributed by atoms with Gasteiger partial charge in [-0.2, -0.15) is 13.2 Å². The Morgan fingerprint density at radius 1 is 1.42 bits per heavy atom. The van der Waals surface area contributed by atoms with Gasteiger partial charge >= 0.3 is 6.18 Å². The molecule has 0 saturated carbocycles.